The number of aromatic nitrogens is 1. The number of carbonyl (C=O) groups is 1. The van der Waals surface area contributed by atoms with Gasteiger partial charge in [0.15, 0.2) is 5.13 Å². The van der Waals surface area contributed by atoms with Crippen LogP contribution >= 0.6 is 11.3 Å². The average Bonchev–Trinajstić information content (AvgIpc) is 2.82. The molecule has 1 aromatic rings. The first-order chi connectivity index (χ1) is 7.31. The van der Waals surface area contributed by atoms with Crippen molar-refractivity contribution in [2.45, 2.75) is 13.3 Å². The van der Waals surface area contributed by atoms with Crippen LogP contribution in [-0.2, 0) is 4.79 Å². The maximum absolute atomic E-state index is 11.5. The van der Waals surface area contributed by atoms with Gasteiger partial charge in [-0.15, -0.1) is 11.3 Å². The quantitative estimate of drug-likeness (QED) is 0.759. The van der Waals surface area contributed by atoms with E-state index in [-0.39, 0.29) is 5.91 Å². The Hall–Kier alpha value is -1.10. The van der Waals surface area contributed by atoms with E-state index in [0.29, 0.717) is 6.42 Å². The molecule has 82 valence electrons. The predicted octanol–water partition coefficient (Wildman–Crippen LogP) is 1.20. The number of amides is 1. The van der Waals surface area contributed by atoms with Crippen LogP contribution in [0, 0.1) is 0 Å². The summed E-state index contributed by atoms with van der Waals surface area (Å²) < 4.78 is 0. The lowest BCUT2D eigenvalue weighted by molar-refractivity contribution is -0.131. The Labute approximate surface area is 93.5 Å². The molecule has 0 unspecified atom stereocenters. The van der Waals surface area contributed by atoms with Crippen molar-refractivity contribution in [1.82, 2.24) is 9.88 Å². The van der Waals surface area contributed by atoms with E-state index in [4.69, 9.17) is 0 Å². The summed E-state index contributed by atoms with van der Waals surface area (Å²) in [5.41, 5.74) is 0. The van der Waals surface area contributed by atoms with Crippen LogP contribution in [0.15, 0.2) is 11.6 Å². The SMILES string of the molecule is CCC(=O)N1CCN(c2nccs2)CC1. The number of hydrogen-bond donors (Lipinski definition) is 0. The van der Waals surface area contributed by atoms with Gasteiger partial charge < -0.3 is 9.80 Å². The Bertz CT molecular complexity index is 317. The van der Waals surface area contributed by atoms with Crippen LogP contribution in [0.4, 0.5) is 5.13 Å². The van der Waals surface area contributed by atoms with Gasteiger partial charge in [0.05, 0.1) is 0 Å². The van der Waals surface area contributed by atoms with Crippen molar-refractivity contribution in [2.24, 2.45) is 0 Å². The van der Waals surface area contributed by atoms with Gasteiger partial charge in [0.25, 0.3) is 0 Å². The van der Waals surface area contributed by atoms with Gasteiger partial charge in [-0.05, 0) is 0 Å². The van der Waals surface area contributed by atoms with Crippen LogP contribution in [-0.4, -0.2) is 42.0 Å². The van der Waals surface area contributed by atoms with Gasteiger partial charge in [-0.3, -0.25) is 4.79 Å². The fourth-order valence-corrected chi connectivity index (χ4v) is 2.44. The molecule has 1 fully saturated rings. The predicted molar refractivity (Wildman–Crippen MR) is 61.2 cm³/mol. The van der Waals surface area contributed by atoms with Crippen molar-refractivity contribution < 1.29 is 4.79 Å². The zero-order valence-corrected chi connectivity index (χ0v) is 9.66. The van der Waals surface area contributed by atoms with Crippen molar-refractivity contribution in [3.63, 3.8) is 0 Å². The number of thiazole rings is 1. The van der Waals surface area contributed by atoms with Gasteiger partial charge in [0, 0.05) is 44.2 Å². The highest BCUT2D eigenvalue weighted by atomic mass is 32.1. The molecule has 1 amide bonds. The normalized spacial score (nSPS) is 16.9. The van der Waals surface area contributed by atoms with Crippen LogP contribution < -0.4 is 4.90 Å². The molecule has 2 heterocycles. The minimum Gasteiger partial charge on any atom is -0.345 e. The van der Waals surface area contributed by atoms with Gasteiger partial charge in [-0.2, -0.15) is 0 Å². The highest BCUT2D eigenvalue weighted by molar-refractivity contribution is 7.13. The molecule has 0 atom stereocenters. The zero-order valence-electron chi connectivity index (χ0n) is 8.85. The summed E-state index contributed by atoms with van der Waals surface area (Å²) in [6.45, 7) is 5.37. The minimum absolute atomic E-state index is 0.258. The Morgan fingerprint density at radius 3 is 2.73 bits per heavy atom. The molecule has 0 bridgehead atoms. The van der Waals surface area contributed by atoms with E-state index < -0.39 is 0 Å². The first-order valence-corrected chi connectivity index (χ1v) is 6.11. The summed E-state index contributed by atoms with van der Waals surface area (Å²) >= 11 is 1.66. The summed E-state index contributed by atoms with van der Waals surface area (Å²) in [6, 6.07) is 0. The molecular formula is C10H15N3OS. The summed E-state index contributed by atoms with van der Waals surface area (Å²) in [7, 11) is 0. The van der Waals surface area contributed by atoms with E-state index in [1.807, 2.05) is 23.4 Å². The average molecular weight is 225 g/mol. The van der Waals surface area contributed by atoms with Gasteiger partial charge >= 0.3 is 0 Å². The molecule has 0 aromatic carbocycles. The molecule has 0 spiro atoms. The number of anilines is 1. The summed E-state index contributed by atoms with van der Waals surface area (Å²) in [4.78, 5) is 19.9. The molecule has 1 saturated heterocycles. The number of rotatable bonds is 2. The third kappa shape index (κ3) is 2.28. The maximum Gasteiger partial charge on any atom is 0.222 e. The van der Waals surface area contributed by atoms with E-state index in [0.717, 1.165) is 31.3 Å². The van der Waals surface area contributed by atoms with E-state index >= 15 is 0 Å². The van der Waals surface area contributed by atoms with Crippen LogP contribution in [0.3, 0.4) is 0 Å². The second kappa shape index (κ2) is 4.61. The maximum atomic E-state index is 11.5. The Balaban J connectivity index is 1.90. The molecule has 0 saturated carbocycles. The fraction of sp³-hybridized carbons (Fsp3) is 0.600. The molecule has 15 heavy (non-hydrogen) atoms. The van der Waals surface area contributed by atoms with Gasteiger partial charge in [-0.1, -0.05) is 6.92 Å². The van der Waals surface area contributed by atoms with Crippen molar-refractivity contribution in [3.05, 3.63) is 11.6 Å². The van der Waals surface area contributed by atoms with Crippen LogP contribution in [0.1, 0.15) is 13.3 Å². The van der Waals surface area contributed by atoms with Crippen molar-refractivity contribution in [1.29, 1.82) is 0 Å². The van der Waals surface area contributed by atoms with Gasteiger partial charge in [0.1, 0.15) is 0 Å². The van der Waals surface area contributed by atoms with E-state index in [1.165, 1.54) is 0 Å². The molecule has 1 aliphatic rings. The lowest BCUT2D eigenvalue weighted by Crippen LogP contribution is -2.48. The molecule has 0 radical (unpaired) electrons. The van der Waals surface area contributed by atoms with Crippen molar-refractivity contribution in [3.8, 4) is 0 Å². The molecule has 0 aliphatic carbocycles. The molecule has 1 aromatic heterocycles. The fourth-order valence-electron chi connectivity index (χ4n) is 1.74. The molecule has 0 N–H and O–H groups in total. The smallest absolute Gasteiger partial charge is 0.222 e. The lowest BCUT2D eigenvalue weighted by atomic mass is 10.3. The number of piperazine rings is 1. The zero-order chi connectivity index (χ0) is 10.7. The van der Waals surface area contributed by atoms with Crippen molar-refractivity contribution >= 4 is 22.4 Å². The summed E-state index contributed by atoms with van der Waals surface area (Å²) in [5.74, 6) is 0.258. The second-order valence-corrected chi connectivity index (χ2v) is 4.41. The highest BCUT2D eigenvalue weighted by Gasteiger charge is 2.20. The third-order valence-electron chi connectivity index (χ3n) is 2.62. The molecule has 2 rings (SSSR count). The monoisotopic (exact) mass is 225 g/mol. The highest BCUT2D eigenvalue weighted by Crippen LogP contribution is 2.18. The molecule has 1 aliphatic heterocycles. The van der Waals surface area contributed by atoms with Crippen molar-refractivity contribution in [2.75, 3.05) is 31.1 Å². The largest absolute Gasteiger partial charge is 0.345 e. The first-order valence-electron chi connectivity index (χ1n) is 5.23. The van der Waals surface area contributed by atoms with Gasteiger partial charge in [0.2, 0.25) is 5.91 Å². The molecular weight excluding hydrogens is 210 g/mol. The second-order valence-electron chi connectivity index (χ2n) is 3.54. The molecule has 5 heteroatoms. The topological polar surface area (TPSA) is 36.4 Å². The van der Waals surface area contributed by atoms with E-state index in [1.54, 1.807) is 11.3 Å². The van der Waals surface area contributed by atoms with Crippen LogP contribution in [0.5, 0.6) is 0 Å². The number of hydrogen-bond acceptors (Lipinski definition) is 4. The summed E-state index contributed by atoms with van der Waals surface area (Å²) in [5, 5.41) is 3.05. The number of nitrogens with zero attached hydrogens (tertiary/aromatic N) is 3. The van der Waals surface area contributed by atoms with E-state index in [2.05, 4.69) is 9.88 Å². The minimum atomic E-state index is 0.258. The van der Waals surface area contributed by atoms with Crippen LogP contribution in [0.25, 0.3) is 0 Å². The third-order valence-corrected chi connectivity index (χ3v) is 3.46. The Morgan fingerprint density at radius 2 is 2.20 bits per heavy atom. The number of carbonyl (C=O) groups excluding carboxylic acids is 1. The summed E-state index contributed by atoms with van der Waals surface area (Å²) in [6.07, 6.45) is 2.43. The van der Waals surface area contributed by atoms with E-state index in [9.17, 15) is 4.79 Å². The standard InChI is InChI=1S/C10H15N3OS/c1-2-9(14)12-4-6-13(7-5-12)10-11-3-8-15-10/h3,8H,2,4-7H2,1H3. The van der Waals surface area contributed by atoms with Crippen LogP contribution in [0.2, 0.25) is 0 Å². The van der Waals surface area contributed by atoms with Gasteiger partial charge in [-0.25, -0.2) is 4.98 Å². The Kier molecular flexibility index (Phi) is 3.20. The lowest BCUT2D eigenvalue weighted by Gasteiger charge is -2.34. The molecule has 4 nitrogen and oxygen atoms in total. The Morgan fingerprint density at radius 1 is 1.47 bits per heavy atom. The first kappa shape index (κ1) is 10.4.